The van der Waals surface area contributed by atoms with Gasteiger partial charge in [-0.15, -0.1) is 0 Å². The van der Waals surface area contributed by atoms with Gasteiger partial charge >= 0.3 is 0 Å². The van der Waals surface area contributed by atoms with Gasteiger partial charge in [-0.2, -0.15) is 0 Å². The van der Waals surface area contributed by atoms with Gasteiger partial charge in [-0.1, -0.05) is 0 Å². The number of hydrogen-bond donors (Lipinski definition) is 1. The lowest BCUT2D eigenvalue weighted by molar-refractivity contribution is -0.0833. The highest BCUT2D eigenvalue weighted by Gasteiger charge is 2.25. The molecule has 1 aromatic rings. The molecule has 0 saturated carbocycles. The van der Waals surface area contributed by atoms with E-state index < -0.39 is 0 Å². The smallest absolute Gasteiger partial charge is 0.289 e. The Balaban J connectivity index is 1.53. The minimum absolute atomic E-state index is 0.0178. The molecule has 138 valence electrons. The second-order valence-electron chi connectivity index (χ2n) is 6.02. The van der Waals surface area contributed by atoms with Crippen molar-refractivity contribution in [3.63, 3.8) is 0 Å². The number of nitrogens with one attached hydrogen (secondary N) is 1. The van der Waals surface area contributed by atoms with Gasteiger partial charge in [0.1, 0.15) is 6.10 Å². The van der Waals surface area contributed by atoms with Crippen molar-refractivity contribution in [2.75, 3.05) is 59.1 Å². The number of rotatable bonds is 4. The molecule has 1 atom stereocenters. The minimum Gasteiger partial charge on any atom is -0.459 e. The molecule has 1 amide bonds. The number of nitrogens with zero attached hydrogens (tertiary/aromatic N) is 3. The molecular formula is C17H26N4O4. The molecule has 8 nitrogen and oxygen atoms in total. The van der Waals surface area contributed by atoms with Crippen LogP contribution in [0.25, 0.3) is 0 Å². The first-order chi connectivity index (χ1) is 12.3. The zero-order valence-corrected chi connectivity index (χ0v) is 14.6. The first kappa shape index (κ1) is 17.8. The first-order valence-electron chi connectivity index (χ1n) is 8.83. The number of aliphatic imine (C=N–C) groups is 1. The topological polar surface area (TPSA) is 79.5 Å². The first-order valence-corrected chi connectivity index (χ1v) is 8.83. The molecule has 0 bridgehead atoms. The van der Waals surface area contributed by atoms with E-state index in [0.717, 1.165) is 25.6 Å². The second kappa shape index (κ2) is 8.87. The lowest BCUT2D eigenvalue weighted by Crippen LogP contribution is -2.54. The Hall–Kier alpha value is -2.06. The van der Waals surface area contributed by atoms with Gasteiger partial charge in [-0.05, 0) is 19.1 Å². The van der Waals surface area contributed by atoms with Gasteiger partial charge < -0.3 is 29.0 Å². The van der Waals surface area contributed by atoms with Gasteiger partial charge in [0.25, 0.3) is 5.91 Å². The molecule has 2 saturated heterocycles. The molecule has 1 unspecified atom stereocenters. The summed E-state index contributed by atoms with van der Waals surface area (Å²) in [5, 5.41) is 3.32. The van der Waals surface area contributed by atoms with Crippen LogP contribution in [0.15, 0.2) is 27.8 Å². The maximum atomic E-state index is 12.3. The summed E-state index contributed by atoms with van der Waals surface area (Å²) < 4.78 is 16.3. The zero-order chi connectivity index (χ0) is 17.5. The van der Waals surface area contributed by atoms with Gasteiger partial charge in [-0.25, -0.2) is 0 Å². The standard InChI is InChI=1S/C17H26N4O4/c1-2-18-17(19-12-14-13-23-10-11-24-14)21-7-5-20(6-8-21)16(22)15-4-3-9-25-15/h3-4,9,14H,2,5-8,10-13H2,1H3,(H,18,19). The lowest BCUT2D eigenvalue weighted by Gasteiger charge is -2.36. The van der Waals surface area contributed by atoms with Crippen LogP contribution in [-0.2, 0) is 9.47 Å². The lowest BCUT2D eigenvalue weighted by atomic mass is 10.3. The van der Waals surface area contributed by atoms with Crippen molar-refractivity contribution in [3.8, 4) is 0 Å². The molecule has 0 aromatic carbocycles. The van der Waals surface area contributed by atoms with Crippen LogP contribution < -0.4 is 5.32 Å². The Labute approximate surface area is 147 Å². The molecule has 3 heterocycles. The second-order valence-corrected chi connectivity index (χ2v) is 6.02. The van der Waals surface area contributed by atoms with E-state index in [1.807, 2.05) is 11.8 Å². The molecule has 1 aromatic heterocycles. The Morgan fingerprint density at radius 3 is 2.72 bits per heavy atom. The van der Waals surface area contributed by atoms with Crippen molar-refractivity contribution in [1.29, 1.82) is 0 Å². The van der Waals surface area contributed by atoms with Crippen molar-refractivity contribution in [3.05, 3.63) is 24.2 Å². The summed E-state index contributed by atoms with van der Waals surface area (Å²) in [6.45, 7) is 8.07. The number of guanidine groups is 1. The highest BCUT2D eigenvalue weighted by molar-refractivity contribution is 5.91. The normalized spacial score (nSPS) is 22.1. The van der Waals surface area contributed by atoms with Gasteiger partial charge in [-0.3, -0.25) is 9.79 Å². The Bertz CT molecular complexity index is 561. The Morgan fingerprint density at radius 1 is 1.28 bits per heavy atom. The number of hydrogen-bond acceptors (Lipinski definition) is 5. The highest BCUT2D eigenvalue weighted by atomic mass is 16.6. The van der Waals surface area contributed by atoms with E-state index in [0.29, 0.717) is 45.2 Å². The molecule has 0 aliphatic carbocycles. The number of carbonyl (C=O) groups excluding carboxylic acids is 1. The number of piperazine rings is 1. The summed E-state index contributed by atoms with van der Waals surface area (Å²) >= 11 is 0. The van der Waals surface area contributed by atoms with Crippen LogP contribution in [0, 0.1) is 0 Å². The summed E-state index contributed by atoms with van der Waals surface area (Å²) in [6.07, 6.45) is 1.54. The summed E-state index contributed by atoms with van der Waals surface area (Å²) in [4.78, 5) is 21.0. The predicted molar refractivity (Wildman–Crippen MR) is 92.7 cm³/mol. The predicted octanol–water partition coefficient (Wildman–Crippen LogP) is 0.418. The van der Waals surface area contributed by atoms with Gasteiger partial charge in [0, 0.05) is 32.7 Å². The number of amides is 1. The maximum Gasteiger partial charge on any atom is 0.289 e. The van der Waals surface area contributed by atoms with E-state index in [1.54, 1.807) is 12.1 Å². The van der Waals surface area contributed by atoms with Crippen molar-refractivity contribution in [2.45, 2.75) is 13.0 Å². The molecule has 2 aliphatic rings. The fraction of sp³-hybridized carbons (Fsp3) is 0.647. The Kier molecular flexibility index (Phi) is 6.30. The van der Waals surface area contributed by atoms with Crippen LogP contribution in [-0.4, -0.2) is 86.9 Å². The largest absolute Gasteiger partial charge is 0.459 e. The van der Waals surface area contributed by atoms with E-state index in [4.69, 9.17) is 13.9 Å². The molecule has 8 heteroatoms. The van der Waals surface area contributed by atoms with Crippen molar-refractivity contribution < 1.29 is 18.7 Å². The maximum absolute atomic E-state index is 12.3. The molecule has 1 N–H and O–H groups in total. The van der Waals surface area contributed by atoms with Crippen LogP contribution in [0.3, 0.4) is 0 Å². The summed E-state index contributed by atoms with van der Waals surface area (Å²) in [5.41, 5.74) is 0. The van der Waals surface area contributed by atoms with E-state index in [-0.39, 0.29) is 12.0 Å². The minimum atomic E-state index is -0.0562. The van der Waals surface area contributed by atoms with Crippen LogP contribution in [0.5, 0.6) is 0 Å². The van der Waals surface area contributed by atoms with Crippen molar-refractivity contribution in [2.24, 2.45) is 4.99 Å². The fourth-order valence-electron chi connectivity index (χ4n) is 2.93. The third kappa shape index (κ3) is 4.73. The van der Waals surface area contributed by atoms with Crippen LogP contribution in [0.1, 0.15) is 17.5 Å². The van der Waals surface area contributed by atoms with Crippen LogP contribution in [0.4, 0.5) is 0 Å². The molecule has 2 aliphatic heterocycles. The molecule has 0 radical (unpaired) electrons. The average molecular weight is 350 g/mol. The monoisotopic (exact) mass is 350 g/mol. The summed E-state index contributed by atoms with van der Waals surface area (Å²) in [7, 11) is 0. The number of carbonyl (C=O) groups is 1. The van der Waals surface area contributed by atoms with Crippen molar-refractivity contribution >= 4 is 11.9 Å². The SMILES string of the molecule is CCNC(=NCC1COCCO1)N1CCN(C(=O)c2ccco2)CC1. The molecule has 3 rings (SSSR count). The fourth-order valence-corrected chi connectivity index (χ4v) is 2.93. The van der Waals surface area contributed by atoms with Gasteiger partial charge in [0.2, 0.25) is 0 Å². The summed E-state index contributed by atoms with van der Waals surface area (Å²) in [5.74, 6) is 1.20. The molecular weight excluding hydrogens is 324 g/mol. The van der Waals surface area contributed by atoms with E-state index >= 15 is 0 Å². The summed E-state index contributed by atoms with van der Waals surface area (Å²) in [6, 6.07) is 3.43. The average Bonchev–Trinajstić information content (AvgIpc) is 3.20. The van der Waals surface area contributed by atoms with E-state index in [1.165, 1.54) is 6.26 Å². The van der Waals surface area contributed by atoms with Gasteiger partial charge in [0.15, 0.2) is 11.7 Å². The zero-order valence-electron chi connectivity index (χ0n) is 14.6. The Morgan fingerprint density at radius 2 is 2.08 bits per heavy atom. The van der Waals surface area contributed by atoms with Gasteiger partial charge in [0.05, 0.1) is 32.6 Å². The van der Waals surface area contributed by atoms with Crippen LogP contribution in [0.2, 0.25) is 0 Å². The quantitative estimate of drug-likeness (QED) is 0.626. The molecule has 2 fully saturated rings. The third-order valence-corrected chi connectivity index (χ3v) is 4.26. The molecule has 25 heavy (non-hydrogen) atoms. The third-order valence-electron chi connectivity index (χ3n) is 4.26. The highest BCUT2D eigenvalue weighted by Crippen LogP contribution is 2.10. The molecule has 0 spiro atoms. The van der Waals surface area contributed by atoms with Crippen molar-refractivity contribution in [1.82, 2.24) is 15.1 Å². The van der Waals surface area contributed by atoms with E-state index in [9.17, 15) is 4.79 Å². The number of furan rings is 1. The van der Waals surface area contributed by atoms with Crippen LogP contribution >= 0.6 is 0 Å². The number of ether oxygens (including phenoxy) is 2. The van der Waals surface area contributed by atoms with E-state index in [2.05, 4.69) is 15.2 Å².